The van der Waals surface area contributed by atoms with E-state index in [1.165, 1.54) is 0 Å². The fourth-order valence-corrected chi connectivity index (χ4v) is 0. The van der Waals surface area contributed by atoms with Crippen molar-refractivity contribution in [1.29, 1.82) is 0 Å². The van der Waals surface area contributed by atoms with E-state index in [0.29, 0.717) is 0 Å². The summed E-state index contributed by atoms with van der Waals surface area (Å²) in [5, 5.41) is 21.5. The summed E-state index contributed by atoms with van der Waals surface area (Å²) in [6.45, 7) is 0. The standard InChI is InChI=1S/BH3O3.Ca.2H/c2-1(3)4;;;/h2-4H;;;. The monoisotopic (exact) mass is 104 g/mol. The van der Waals surface area contributed by atoms with Crippen LogP contribution < -0.4 is 0 Å². The molecule has 0 aromatic heterocycles. The molecule has 3 nitrogen and oxygen atoms in total. The fraction of sp³-hybridized carbons (Fsp3) is 0. The Kier molecular flexibility index (Phi) is 9.90. The summed E-state index contributed by atoms with van der Waals surface area (Å²) in [5.41, 5.74) is 0. The average molecular weight is 104 g/mol. The van der Waals surface area contributed by atoms with E-state index in [-0.39, 0.29) is 37.7 Å². The fourth-order valence-electron chi connectivity index (χ4n) is 0. The zero-order valence-corrected chi connectivity index (χ0v) is 1.92. The second kappa shape index (κ2) is 5.20. The van der Waals surface area contributed by atoms with Gasteiger partial charge in [-0.2, -0.15) is 0 Å². The van der Waals surface area contributed by atoms with Crippen LogP contribution in [-0.2, 0) is 0 Å². The molecule has 0 heterocycles. The number of hydrogen-bond acceptors (Lipinski definition) is 3. The molecule has 3 N–H and O–H groups in total. The molecule has 5 heteroatoms. The molecule has 0 rings (SSSR count). The molecule has 0 aliphatic carbocycles. The summed E-state index contributed by atoms with van der Waals surface area (Å²) >= 11 is 0. The molecule has 0 aliphatic heterocycles. The van der Waals surface area contributed by atoms with E-state index in [2.05, 4.69) is 0 Å². The van der Waals surface area contributed by atoms with E-state index in [9.17, 15) is 0 Å². The minimum atomic E-state index is -2.17. The summed E-state index contributed by atoms with van der Waals surface area (Å²) < 4.78 is 0. The van der Waals surface area contributed by atoms with Crippen molar-refractivity contribution >= 4 is 45.1 Å². The molecule has 0 bridgehead atoms. The summed E-state index contributed by atoms with van der Waals surface area (Å²) in [6, 6.07) is 0. The predicted molar refractivity (Wildman–Crippen MR) is 21.0 cm³/mol. The molecule has 0 fully saturated rings. The molecule has 0 unspecified atom stereocenters. The molecule has 0 radical (unpaired) electrons. The van der Waals surface area contributed by atoms with Gasteiger partial charge in [-0.15, -0.1) is 0 Å². The van der Waals surface area contributed by atoms with Crippen molar-refractivity contribution in [3.8, 4) is 0 Å². The first-order valence-electron chi connectivity index (χ1n) is 0.775. The second-order valence-corrected chi connectivity index (χ2v) is 0.346. The molecule has 0 aromatic carbocycles. The van der Waals surface area contributed by atoms with Crippen LogP contribution in [0.1, 0.15) is 0 Å². The SMILES string of the molecule is OB(O)O.[CaH2]. The van der Waals surface area contributed by atoms with E-state index in [1.807, 2.05) is 0 Å². The van der Waals surface area contributed by atoms with E-state index in [1.54, 1.807) is 0 Å². The molecule has 5 heavy (non-hydrogen) atoms. The zero-order valence-electron chi connectivity index (χ0n) is 1.92. The van der Waals surface area contributed by atoms with Crippen LogP contribution in [0.3, 0.4) is 0 Å². The van der Waals surface area contributed by atoms with Gasteiger partial charge in [-0.05, 0) is 0 Å². The summed E-state index contributed by atoms with van der Waals surface area (Å²) in [4.78, 5) is 0. The van der Waals surface area contributed by atoms with Crippen molar-refractivity contribution in [1.82, 2.24) is 0 Å². The number of hydrogen-bond donors (Lipinski definition) is 3. The maximum atomic E-state index is 7.17. The van der Waals surface area contributed by atoms with Crippen LogP contribution >= 0.6 is 0 Å². The molecular weight excluding hydrogens is 98.9 g/mol. The Balaban J connectivity index is 0. The van der Waals surface area contributed by atoms with Crippen LogP contribution in [0.5, 0.6) is 0 Å². The summed E-state index contributed by atoms with van der Waals surface area (Å²) in [7, 11) is -2.17. The van der Waals surface area contributed by atoms with E-state index in [0.717, 1.165) is 0 Å². The van der Waals surface area contributed by atoms with Crippen molar-refractivity contribution in [2.24, 2.45) is 0 Å². The summed E-state index contributed by atoms with van der Waals surface area (Å²) in [6.07, 6.45) is 0. The topological polar surface area (TPSA) is 60.7 Å². The van der Waals surface area contributed by atoms with Crippen LogP contribution in [0.25, 0.3) is 0 Å². The van der Waals surface area contributed by atoms with Gasteiger partial charge in [-0.1, -0.05) is 0 Å². The third-order valence-corrected chi connectivity index (χ3v) is 0. The van der Waals surface area contributed by atoms with Crippen molar-refractivity contribution in [2.75, 3.05) is 0 Å². The van der Waals surface area contributed by atoms with Gasteiger partial charge >= 0.3 is 45.1 Å². The third-order valence-electron chi connectivity index (χ3n) is 0. The maximum absolute atomic E-state index is 7.17. The van der Waals surface area contributed by atoms with Gasteiger partial charge in [-0.3, -0.25) is 0 Å². The Morgan fingerprint density at radius 2 is 1.00 bits per heavy atom. The van der Waals surface area contributed by atoms with Gasteiger partial charge in [0.25, 0.3) is 0 Å². The molecule has 0 saturated heterocycles. The quantitative estimate of drug-likeness (QED) is 0.287. The molecule has 0 spiro atoms. The normalized spacial score (nSPS) is 5.40. The first kappa shape index (κ1) is 9.51. The Hall–Kier alpha value is 1.20. The van der Waals surface area contributed by atoms with Gasteiger partial charge in [0.1, 0.15) is 0 Å². The molecule has 0 aliphatic rings. The molecule has 0 saturated carbocycles. The Labute approximate surface area is 59.8 Å². The predicted octanol–water partition coefficient (Wildman–Crippen LogP) is -2.97. The minimum absolute atomic E-state index is 0. The first-order chi connectivity index (χ1) is 1.73. The first-order valence-corrected chi connectivity index (χ1v) is 0.775. The molecule has 28 valence electrons. The Bertz CT molecular complexity index is 11.6. The van der Waals surface area contributed by atoms with Gasteiger partial charge in [0.05, 0.1) is 0 Å². The average Bonchev–Trinajstić information content (AvgIpc) is 0.811. The van der Waals surface area contributed by atoms with Crippen molar-refractivity contribution in [3.05, 3.63) is 0 Å². The Morgan fingerprint density at radius 1 is 1.00 bits per heavy atom. The molecule has 0 amide bonds. The van der Waals surface area contributed by atoms with Gasteiger partial charge in [-0.25, -0.2) is 0 Å². The van der Waals surface area contributed by atoms with Gasteiger partial charge in [0.2, 0.25) is 0 Å². The van der Waals surface area contributed by atoms with Crippen LogP contribution in [-0.4, -0.2) is 60.1 Å². The number of rotatable bonds is 0. The molecule has 0 atom stereocenters. The van der Waals surface area contributed by atoms with E-state index in [4.69, 9.17) is 15.1 Å². The van der Waals surface area contributed by atoms with Crippen molar-refractivity contribution in [2.45, 2.75) is 0 Å². The van der Waals surface area contributed by atoms with Gasteiger partial charge in [0, 0.05) is 0 Å². The Morgan fingerprint density at radius 3 is 1.00 bits per heavy atom. The zero-order chi connectivity index (χ0) is 3.58. The van der Waals surface area contributed by atoms with Crippen LogP contribution in [0.2, 0.25) is 0 Å². The van der Waals surface area contributed by atoms with Crippen LogP contribution in [0.15, 0.2) is 0 Å². The second-order valence-electron chi connectivity index (χ2n) is 0.346. The molecule has 0 aromatic rings. The van der Waals surface area contributed by atoms with Gasteiger partial charge in [0.15, 0.2) is 0 Å². The van der Waals surface area contributed by atoms with Crippen LogP contribution in [0, 0.1) is 0 Å². The van der Waals surface area contributed by atoms with Crippen molar-refractivity contribution < 1.29 is 15.1 Å². The summed E-state index contributed by atoms with van der Waals surface area (Å²) in [5.74, 6) is 0. The third kappa shape index (κ3) is 36.8. The molecular formula is H5BCaO3. The van der Waals surface area contributed by atoms with Gasteiger partial charge < -0.3 is 15.1 Å². The van der Waals surface area contributed by atoms with E-state index >= 15 is 0 Å². The van der Waals surface area contributed by atoms with E-state index < -0.39 is 7.32 Å². The van der Waals surface area contributed by atoms with Crippen LogP contribution in [0.4, 0.5) is 0 Å². The van der Waals surface area contributed by atoms with Crippen molar-refractivity contribution in [3.63, 3.8) is 0 Å².